The second-order valence-corrected chi connectivity index (χ2v) is 5.03. The minimum atomic E-state index is 0.533. The molecule has 0 saturated carbocycles. The van der Waals surface area contributed by atoms with Crippen molar-refractivity contribution < 1.29 is 0 Å². The summed E-state index contributed by atoms with van der Waals surface area (Å²) in [4.78, 5) is 10.9. The third kappa shape index (κ3) is 3.48. The number of nitrogens with zero attached hydrogens (tertiary/aromatic N) is 3. The van der Waals surface area contributed by atoms with Crippen molar-refractivity contribution in [2.75, 3.05) is 36.4 Å². The Morgan fingerprint density at radius 2 is 2.05 bits per heavy atom. The number of anilines is 3. The molecule has 0 amide bonds. The van der Waals surface area contributed by atoms with Gasteiger partial charge in [-0.1, -0.05) is 12.1 Å². The van der Waals surface area contributed by atoms with Gasteiger partial charge in [0.05, 0.1) is 0 Å². The summed E-state index contributed by atoms with van der Waals surface area (Å²) >= 11 is 0. The number of aromatic nitrogens is 2. The van der Waals surface area contributed by atoms with Gasteiger partial charge in [0.15, 0.2) is 0 Å². The highest BCUT2D eigenvalue weighted by molar-refractivity contribution is 5.60. The Kier molecular flexibility index (Phi) is 4.28. The molecule has 0 bridgehead atoms. The van der Waals surface area contributed by atoms with Gasteiger partial charge in [0.2, 0.25) is 0 Å². The average molecular weight is 284 g/mol. The third-order valence-electron chi connectivity index (χ3n) is 3.53. The van der Waals surface area contributed by atoms with Gasteiger partial charge in [-0.3, -0.25) is 0 Å². The zero-order valence-electron chi connectivity index (χ0n) is 11.9. The van der Waals surface area contributed by atoms with Crippen LogP contribution in [0.2, 0.25) is 0 Å². The predicted molar refractivity (Wildman–Crippen MR) is 84.7 cm³/mol. The highest BCUT2D eigenvalue weighted by atomic mass is 15.2. The van der Waals surface area contributed by atoms with Crippen molar-refractivity contribution in [2.24, 2.45) is 5.73 Å². The normalized spacial score (nSPS) is 15.0. The Balaban J connectivity index is 1.76. The standard InChI is InChI=1S/C15H20N6/c16-10-12-2-1-3-13(8-12)20-14-9-15(19-11-18-14)21-6-4-17-5-7-21/h1-3,8-9,11,17H,4-7,10,16H2,(H,18,19,20). The maximum absolute atomic E-state index is 5.67. The average Bonchev–Trinajstić information content (AvgIpc) is 2.56. The summed E-state index contributed by atoms with van der Waals surface area (Å²) in [6, 6.07) is 10.0. The Labute approximate surface area is 124 Å². The minimum Gasteiger partial charge on any atom is -0.354 e. The second kappa shape index (κ2) is 6.51. The van der Waals surface area contributed by atoms with Crippen LogP contribution in [0.5, 0.6) is 0 Å². The molecule has 1 aromatic heterocycles. The Hall–Kier alpha value is -2.18. The van der Waals surface area contributed by atoms with Gasteiger partial charge in [-0.15, -0.1) is 0 Å². The second-order valence-electron chi connectivity index (χ2n) is 5.03. The highest BCUT2D eigenvalue weighted by Crippen LogP contribution is 2.19. The van der Waals surface area contributed by atoms with Crippen LogP contribution >= 0.6 is 0 Å². The maximum atomic E-state index is 5.67. The van der Waals surface area contributed by atoms with E-state index in [4.69, 9.17) is 5.73 Å². The lowest BCUT2D eigenvalue weighted by Crippen LogP contribution is -2.43. The van der Waals surface area contributed by atoms with E-state index in [1.165, 1.54) is 0 Å². The molecular formula is C15H20N6. The first-order chi connectivity index (χ1) is 10.3. The summed E-state index contributed by atoms with van der Waals surface area (Å²) in [5.74, 6) is 1.76. The summed E-state index contributed by atoms with van der Waals surface area (Å²) in [7, 11) is 0. The van der Waals surface area contributed by atoms with E-state index in [2.05, 4.69) is 25.5 Å². The van der Waals surface area contributed by atoms with Gasteiger partial charge >= 0.3 is 0 Å². The molecule has 1 aliphatic heterocycles. The number of hydrogen-bond donors (Lipinski definition) is 3. The van der Waals surface area contributed by atoms with Gasteiger partial charge in [-0.05, 0) is 17.7 Å². The maximum Gasteiger partial charge on any atom is 0.135 e. The molecule has 3 rings (SSSR count). The molecule has 110 valence electrons. The van der Waals surface area contributed by atoms with E-state index in [-0.39, 0.29) is 0 Å². The van der Waals surface area contributed by atoms with Gasteiger partial charge < -0.3 is 21.3 Å². The lowest BCUT2D eigenvalue weighted by atomic mass is 10.2. The topological polar surface area (TPSA) is 79.1 Å². The van der Waals surface area contributed by atoms with E-state index in [9.17, 15) is 0 Å². The van der Waals surface area contributed by atoms with Crippen molar-refractivity contribution in [3.8, 4) is 0 Å². The number of benzene rings is 1. The fourth-order valence-electron chi connectivity index (χ4n) is 2.41. The number of nitrogens with two attached hydrogens (primary N) is 1. The zero-order chi connectivity index (χ0) is 14.5. The number of nitrogens with one attached hydrogen (secondary N) is 2. The molecule has 6 heteroatoms. The van der Waals surface area contributed by atoms with Crippen LogP contribution in [-0.2, 0) is 6.54 Å². The van der Waals surface area contributed by atoms with E-state index >= 15 is 0 Å². The third-order valence-corrected chi connectivity index (χ3v) is 3.53. The van der Waals surface area contributed by atoms with Crippen molar-refractivity contribution >= 4 is 17.3 Å². The van der Waals surface area contributed by atoms with Crippen LogP contribution in [0.15, 0.2) is 36.7 Å². The van der Waals surface area contributed by atoms with Crippen LogP contribution in [-0.4, -0.2) is 36.1 Å². The van der Waals surface area contributed by atoms with Gasteiger partial charge in [0.25, 0.3) is 0 Å². The van der Waals surface area contributed by atoms with Crippen molar-refractivity contribution in [2.45, 2.75) is 6.54 Å². The summed E-state index contributed by atoms with van der Waals surface area (Å²) in [6.07, 6.45) is 1.60. The van der Waals surface area contributed by atoms with Gasteiger partial charge in [0.1, 0.15) is 18.0 Å². The quantitative estimate of drug-likeness (QED) is 0.780. The molecule has 4 N–H and O–H groups in total. The van der Waals surface area contributed by atoms with E-state index in [0.717, 1.165) is 49.1 Å². The van der Waals surface area contributed by atoms with Crippen molar-refractivity contribution in [1.82, 2.24) is 15.3 Å². The number of hydrogen-bond acceptors (Lipinski definition) is 6. The Morgan fingerprint density at radius 1 is 1.19 bits per heavy atom. The molecular weight excluding hydrogens is 264 g/mol. The predicted octanol–water partition coefficient (Wildman–Crippen LogP) is 1.09. The first-order valence-electron chi connectivity index (χ1n) is 7.19. The fourth-order valence-corrected chi connectivity index (χ4v) is 2.41. The molecule has 0 unspecified atom stereocenters. The molecule has 2 aromatic rings. The summed E-state index contributed by atoms with van der Waals surface area (Å²) in [5, 5.41) is 6.65. The highest BCUT2D eigenvalue weighted by Gasteiger charge is 2.12. The minimum absolute atomic E-state index is 0.533. The van der Waals surface area contributed by atoms with Crippen LogP contribution < -0.4 is 21.3 Å². The zero-order valence-corrected chi connectivity index (χ0v) is 11.9. The van der Waals surface area contributed by atoms with E-state index < -0.39 is 0 Å². The SMILES string of the molecule is NCc1cccc(Nc2cc(N3CCNCC3)ncn2)c1. The monoisotopic (exact) mass is 284 g/mol. The molecule has 1 fully saturated rings. The number of piperazine rings is 1. The lowest BCUT2D eigenvalue weighted by Gasteiger charge is -2.28. The number of rotatable bonds is 4. The molecule has 1 saturated heterocycles. The lowest BCUT2D eigenvalue weighted by molar-refractivity contribution is 0.584. The first kappa shape index (κ1) is 13.8. The van der Waals surface area contributed by atoms with Gasteiger partial charge in [-0.2, -0.15) is 0 Å². The largest absolute Gasteiger partial charge is 0.354 e. The molecule has 1 aromatic carbocycles. The fraction of sp³-hybridized carbons (Fsp3) is 0.333. The summed E-state index contributed by atoms with van der Waals surface area (Å²) < 4.78 is 0. The molecule has 0 aliphatic carbocycles. The molecule has 6 nitrogen and oxygen atoms in total. The van der Waals surface area contributed by atoms with Crippen LogP contribution in [0.25, 0.3) is 0 Å². The van der Waals surface area contributed by atoms with Crippen LogP contribution in [0, 0.1) is 0 Å². The Bertz CT molecular complexity index is 594. The first-order valence-corrected chi connectivity index (χ1v) is 7.19. The van der Waals surface area contributed by atoms with Crippen molar-refractivity contribution in [3.63, 3.8) is 0 Å². The van der Waals surface area contributed by atoms with Crippen LogP contribution in [0.1, 0.15) is 5.56 Å². The molecule has 0 atom stereocenters. The summed E-state index contributed by atoms with van der Waals surface area (Å²) in [6.45, 7) is 4.46. The van der Waals surface area contributed by atoms with Crippen molar-refractivity contribution in [3.05, 3.63) is 42.2 Å². The summed E-state index contributed by atoms with van der Waals surface area (Å²) in [5.41, 5.74) is 7.75. The van der Waals surface area contributed by atoms with Gasteiger partial charge in [0, 0.05) is 44.5 Å². The van der Waals surface area contributed by atoms with Crippen LogP contribution in [0.3, 0.4) is 0 Å². The molecule has 21 heavy (non-hydrogen) atoms. The molecule has 2 heterocycles. The Morgan fingerprint density at radius 3 is 2.86 bits per heavy atom. The van der Waals surface area contributed by atoms with Crippen LogP contribution in [0.4, 0.5) is 17.3 Å². The van der Waals surface area contributed by atoms with E-state index in [0.29, 0.717) is 6.54 Å². The van der Waals surface area contributed by atoms with E-state index in [1.807, 2.05) is 30.3 Å². The van der Waals surface area contributed by atoms with Crippen molar-refractivity contribution in [1.29, 1.82) is 0 Å². The molecule has 0 spiro atoms. The molecule has 0 radical (unpaired) electrons. The van der Waals surface area contributed by atoms with E-state index in [1.54, 1.807) is 6.33 Å². The van der Waals surface area contributed by atoms with Gasteiger partial charge in [-0.25, -0.2) is 9.97 Å². The smallest absolute Gasteiger partial charge is 0.135 e. The molecule has 1 aliphatic rings.